The van der Waals surface area contributed by atoms with Gasteiger partial charge in [0.05, 0.1) is 0 Å². The van der Waals surface area contributed by atoms with Gasteiger partial charge in [0, 0.05) is 30.9 Å². The minimum absolute atomic E-state index is 0.258. The first-order valence-electron chi connectivity index (χ1n) is 8.47. The fourth-order valence-electron chi connectivity index (χ4n) is 3.51. The Labute approximate surface area is 127 Å². The summed E-state index contributed by atoms with van der Waals surface area (Å²) >= 11 is 0. The van der Waals surface area contributed by atoms with Gasteiger partial charge in [-0.05, 0) is 49.4 Å². The van der Waals surface area contributed by atoms with Crippen LogP contribution >= 0.6 is 0 Å². The van der Waals surface area contributed by atoms with Crippen molar-refractivity contribution in [3.63, 3.8) is 0 Å². The average Bonchev–Trinajstić information content (AvgIpc) is 2.78. The Morgan fingerprint density at radius 1 is 1.00 bits per heavy atom. The predicted molar refractivity (Wildman–Crippen MR) is 87.7 cm³/mol. The molecule has 1 N–H and O–H groups in total. The van der Waals surface area contributed by atoms with Crippen LogP contribution in [0.25, 0.3) is 0 Å². The van der Waals surface area contributed by atoms with Gasteiger partial charge in [0.15, 0.2) is 0 Å². The Hall–Kier alpha value is -1.51. The molecule has 1 aliphatic carbocycles. The quantitative estimate of drug-likeness (QED) is 0.841. The monoisotopic (exact) mass is 286 g/mol. The van der Waals surface area contributed by atoms with E-state index >= 15 is 0 Å². The Kier molecular flexibility index (Phi) is 4.79. The number of carbonyl (C=O) groups excluding carboxylic acids is 1. The number of benzene rings is 1. The van der Waals surface area contributed by atoms with E-state index in [-0.39, 0.29) is 5.91 Å². The van der Waals surface area contributed by atoms with E-state index in [1.165, 1.54) is 44.2 Å². The molecule has 21 heavy (non-hydrogen) atoms. The molecule has 1 aromatic carbocycles. The molecule has 0 atom stereocenters. The summed E-state index contributed by atoms with van der Waals surface area (Å²) in [5, 5.41) is 3.57. The van der Waals surface area contributed by atoms with E-state index in [0.29, 0.717) is 6.42 Å². The number of nitrogens with zero attached hydrogens (tertiary/aromatic N) is 1. The largest absolute Gasteiger partial charge is 0.385 e. The molecule has 3 heteroatoms. The number of hydrogen-bond donors (Lipinski definition) is 1. The molecule has 0 spiro atoms. The van der Waals surface area contributed by atoms with Gasteiger partial charge < -0.3 is 10.2 Å². The highest BCUT2D eigenvalue weighted by atomic mass is 16.2. The van der Waals surface area contributed by atoms with Crippen molar-refractivity contribution in [3.8, 4) is 0 Å². The highest BCUT2D eigenvalue weighted by Crippen LogP contribution is 2.25. The number of nitrogens with one attached hydrogen (secondary N) is 1. The highest BCUT2D eigenvalue weighted by molar-refractivity contribution is 5.95. The van der Waals surface area contributed by atoms with Crippen LogP contribution in [0.1, 0.15) is 51.4 Å². The molecule has 2 fully saturated rings. The lowest BCUT2D eigenvalue weighted by Crippen LogP contribution is -2.23. The molecule has 3 nitrogen and oxygen atoms in total. The fourth-order valence-corrected chi connectivity index (χ4v) is 3.51. The number of rotatable bonds is 4. The van der Waals surface area contributed by atoms with Gasteiger partial charge in [-0.1, -0.05) is 25.7 Å². The molecule has 1 saturated heterocycles. The molecule has 1 aromatic rings. The highest BCUT2D eigenvalue weighted by Gasteiger charge is 2.21. The zero-order chi connectivity index (χ0) is 14.5. The first-order valence-corrected chi connectivity index (χ1v) is 8.47. The third-order valence-corrected chi connectivity index (χ3v) is 4.82. The first kappa shape index (κ1) is 14.4. The third-order valence-electron chi connectivity index (χ3n) is 4.82. The second-order valence-electron chi connectivity index (χ2n) is 6.43. The van der Waals surface area contributed by atoms with Crippen molar-refractivity contribution in [2.45, 2.75) is 51.4 Å². The molecule has 3 rings (SSSR count). The van der Waals surface area contributed by atoms with Gasteiger partial charge in [-0.25, -0.2) is 0 Å². The minimum atomic E-state index is 0.258. The summed E-state index contributed by atoms with van der Waals surface area (Å²) in [7, 11) is 0. The van der Waals surface area contributed by atoms with Crippen LogP contribution in [0, 0.1) is 5.92 Å². The maximum absolute atomic E-state index is 11.7. The second kappa shape index (κ2) is 6.97. The lowest BCUT2D eigenvalue weighted by Gasteiger charge is -2.18. The molecular weight excluding hydrogens is 260 g/mol. The lowest BCUT2D eigenvalue weighted by atomic mass is 10.0. The second-order valence-corrected chi connectivity index (χ2v) is 6.43. The van der Waals surface area contributed by atoms with Crippen LogP contribution in [-0.4, -0.2) is 19.0 Å². The lowest BCUT2D eigenvalue weighted by molar-refractivity contribution is -0.117. The van der Waals surface area contributed by atoms with Gasteiger partial charge in [0.1, 0.15) is 0 Å². The van der Waals surface area contributed by atoms with Crippen molar-refractivity contribution in [2.24, 2.45) is 5.92 Å². The van der Waals surface area contributed by atoms with Gasteiger partial charge in [-0.15, -0.1) is 0 Å². The number of anilines is 2. The molecular formula is C18H26N2O. The Bertz CT molecular complexity index is 461. The topological polar surface area (TPSA) is 32.3 Å². The normalized spacial score (nSPS) is 20.6. The SMILES string of the molecule is O=C1CCCN1c1ccc(NCC2CCCCCC2)cc1. The molecule has 1 saturated carbocycles. The average molecular weight is 286 g/mol. The van der Waals surface area contributed by atoms with Crippen molar-refractivity contribution in [2.75, 3.05) is 23.3 Å². The zero-order valence-corrected chi connectivity index (χ0v) is 12.8. The van der Waals surface area contributed by atoms with Crippen molar-refractivity contribution in [1.82, 2.24) is 0 Å². The maximum atomic E-state index is 11.7. The van der Waals surface area contributed by atoms with Crippen molar-refractivity contribution in [3.05, 3.63) is 24.3 Å². The van der Waals surface area contributed by atoms with E-state index < -0.39 is 0 Å². The molecule has 1 amide bonds. The van der Waals surface area contributed by atoms with Crippen LogP contribution in [0.15, 0.2) is 24.3 Å². The van der Waals surface area contributed by atoms with Gasteiger partial charge in [0.2, 0.25) is 5.91 Å². The summed E-state index contributed by atoms with van der Waals surface area (Å²) in [5.41, 5.74) is 2.21. The van der Waals surface area contributed by atoms with E-state index in [9.17, 15) is 4.79 Å². The summed E-state index contributed by atoms with van der Waals surface area (Å²) < 4.78 is 0. The van der Waals surface area contributed by atoms with E-state index in [4.69, 9.17) is 0 Å². The van der Waals surface area contributed by atoms with E-state index in [0.717, 1.165) is 31.1 Å². The fraction of sp³-hybridized carbons (Fsp3) is 0.611. The summed E-state index contributed by atoms with van der Waals surface area (Å²) in [4.78, 5) is 13.6. The van der Waals surface area contributed by atoms with E-state index in [1.54, 1.807) is 0 Å². The molecule has 0 aromatic heterocycles. The minimum Gasteiger partial charge on any atom is -0.385 e. The summed E-state index contributed by atoms with van der Waals surface area (Å²) in [6, 6.07) is 8.35. The van der Waals surface area contributed by atoms with Crippen molar-refractivity contribution < 1.29 is 4.79 Å². The molecule has 0 radical (unpaired) electrons. The van der Waals surface area contributed by atoms with Crippen LogP contribution in [-0.2, 0) is 4.79 Å². The van der Waals surface area contributed by atoms with E-state index in [2.05, 4.69) is 29.6 Å². The number of carbonyl (C=O) groups is 1. The predicted octanol–water partition coefficient (Wildman–Crippen LogP) is 4.20. The smallest absolute Gasteiger partial charge is 0.227 e. The van der Waals surface area contributed by atoms with Crippen molar-refractivity contribution >= 4 is 17.3 Å². The molecule has 114 valence electrons. The third kappa shape index (κ3) is 3.78. The molecule has 2 aliphatic rings. The molecule has 0 unspecified atom stereocenters. The Morgan fingerprint density at radius 2 is 1.71 bits per heavy atom. The molecule has 0 bridgehead atoms. The van der Waals surface area contributed by atoms with Crippen LogP contribution < -0.4 is 10.2 Å². The maximum Gasteiger partial charge on any atom is 0.227 e. The Morgan fingerprint density at radius 3 is 2.33 bits per heavy atom. The molecule has 1 aliphatic heterocycles. The number of amides is 1. The van der Waals surface area contributed by atoms with Crippen LogP contribution in [0.2, 0.25) is 0 Å². The first-order chi connectivity index (χ1) is 10.3. The van der Waals surface area contributed by atoms with Gasteiger partial charge in [-0.2, -0.15) is 0 Å². The van der Waals surface area contributed by atoms with Gasteiger partial charge in [0.25, 0.3) is 0 Å². The van der Waals surface area contributed by atoms with Crippen LogP contribution in [0.5, 0.6) is 0 Å². The van der Waals surface area contributed by atoms with E-state index in [1.807, 2.05) is 4.90 Å². The summed E-state index contributed by atoms with van der Waals surface area (Å²) in [5.74, 6) is 1.08. The summed E-state index contributed by atoms with van der Waals surface area (Å²) in [6.07, 6.45) is 10.0. The number of hydrogen-bond acceptors (Lipinski definition) is 2. The van der Waals surface area contributed by atoms with Crippen molar-refractivity contribution in [1.29, 1.82) is 0 Å². The van der Waals surface area contributed by atoms with Gasteiger partial charge >= 0.3 is 0 Å². The van der Waals surface area contributed by atoms with Gasteiger partial charge in [-0.3, -0.25) is 4.79 Å². The van der Waals surface area contributed by atoms with Crippen LogP contribution in [0.3, 0.4) is 0 Å². The standard InChI is InChI=1S/C18H26N2O/c21-18-8-5-13-20(18)17-11-9-16(10-12-17)19-14-15-6-3-1-2-4-7-15/h9-12,15,19H,1-8,13-14H2. The summed E-state index contributed by atoms with van der Waals surface area (Å²) in [6.45, 7) is 1.95. The van der Waals surface area contributed by atoms with Crippen LogP contribution in [0.4, 0.5) is 11.4 Å². The zero-order valence-electron chi connectivity index (χ0n) is 12.8. The Balaban J connectivity index is 1.53. The molecule has 1 heterocycles.